The Hall–Kier alpha value is -3.61. The van der Waals surface area contributed by atoms with E-state index in [4.69, 9.17) is 9.73 Å². The number of benzene rings is 3. The van der Waals surface area contributed by atoms with Gasteiger partial charge < -0.3 is 20.3 Å². The van der Waals surface area contributed by atoms with E-state index in [0.29, 0.717) is 11.8 Å². The molecular weight excluding hydrogens is 474 g/mol. The largest absolute Gasteiger partial charge is 0.504 e. The molecule has 0 aromatic heterocycles. The summed E-state index contributed by atoms with van der Waals surface area (Å²) in [5.41, 5.74) is 4.26. The van der Waals surface area contributed by atoms with Gasteiger partial charge >= 0.3 is 0 Å². The quantitative estimate of drug-likeness (QED) is 0.198. The molecule has 194 valence electrons. The van der Waals surface area contributed by atoms with E-state index in [9.17, 15) is 10.2 Å². The second kappa shape index (κ2) is 9.29. The maximum Gasteiger partial charge on any atom is 0.165 e. The summed E-state index contributed by atoms with van der Waals surface area (Å²) < 4.78 is 6.28. The molecule has 3 N–H and O–H groups in total. The van der Waals surface area contributed by atoms with Crippen molar-refractivity contribution in [2.45, 2.75) is 42.9 Å². The maximum absolute atomic E-state index is 10.8. The van der Waals surface area contributed by atoms with E-state index in [1.54, 1.807) is 6.07 Å². The van der Waals surface area contributed by atoms with E-state index < -0.39 is 6.10 Å². The third kappa shape index (κ3) is 3.66. The normalized spacial score (nSPS) is 29.0. The van der Waals surface area contributed by atoms with Crippen molar-refractivity contribution in [3.8, 4) is 11.5 Å². The van der Waals surface area contributed by atoms with Gasteiger partial charge in [0.2, 0.25) is 0 Å². The summed E-state index contributed by atoms with van der Waals surface area (Å²) in [6, 6.07) is 24.6. The van der Waals surface area contributed by atoms with Gasteiger partial charge in [-0.05, 0) is 49.6 Å². The van der Waals surface area contributed by atoms with Crippen molar-refractivity contribution in [2.75, 3.05) is 25.0 Å². The Labute approximate surface area is 223 Å². The Morgan fingerprint density at radius 3 is 2.63 bits per heavy atom. The number of ether oxygens (including phenoxy) is 1. The number of nitrogens with zero attached hydrogens (tertiary/aromatic N) is 2. The zero-order valence-corrected chi connectivity index (χ0v) is 21.3. The molecule has 1 unspecified atom stereocenters. The lowest BCUT2D eigenvalue weighted by molar-refractivity contribution is -0.0516. The number of aliphatic hydroxyl groups excluding tert-OH is 1. The van der Waals surface area contributed by atoms with Crippen LogP contribution in [0, 0.1) is 5.92 Å². The lowest BCUT2D eigenvalue weighted by atomic mass is 9.53. The summed E-state index contributed by atoms with van der Waals surface area (Å²) in [6.07, 6.45) is 5.95. The Bertz CT molecular complexity index is 1390. The highest BCUT2D eigenvalue weighted by Gasteiger charge is 2.64. The second-order valence-electron chi connectivity index (χ2n) is 10.9. The van der Waals surface area contributed by atoms with Crippen LogP contribution in [0.15, 0.2) is 89.9 Å². The third-order valence-corrected chi connectivity index (χ3v) is 8.94. The number of likely N-dealkylation sites (tertiary alicyclic amines) is 1. The standard InChI is InChI=1S/C32H33N3O3/c36-26-14-12-22-20-25-24-13-15-27(37)30-32(24,28(22)29(26)38-30)16-19-35(25)18-7-17-33-31(21-8-3-1-4-9-21)34-23-10-5-2-6-11-23/h1-6,8-15,24-25,27,30,36-37H,7,16-20H2,(H,33,34)/t24?,25-,27+,30+,32+/m1/s1. The number of amidine groups is 1. The molecule has 0 radical (unpaired) electrons. The number of anilines is 1. The summed E-state index contributed by atoms with van der Waals surface area (Å²) in [5, 5.41) is 24.9. The average molecular weight is 508 g/mol. The summed E-state index contributed by atoms with van der Waals surface area (Å²) in [6.45, 7) is 2.65. The van der Waals surface area contributed by atoms with Crippen LogP contribution >= 0.6 is 0 Å². The molecule has 6 heteroatoms. The first-order chi connectivity index (χ1) is 18.6. The molecule has 2 heterocycles. The molecule has 6 nitrogen and oxygen atoms in total. The molecule has 2 aliphatic heterocycles. The van der Waals surface area contributed by atoms with Crippen LogP contribution in [-0.2, 0) is 11.8 Å². The van der Waals surface area contributed by atoms with Gasteiger partial charge in [0, 0.05) is 47.3 Å². The Morgan fingerprint density at radius 2 is 1.82 bits per heavy atom. The zero-order valence-electron chi connectivity index (χ0n) is 21.3. The van der Waals surface area contributed by atoms with Crippen molar-refractivity contribution in [1.29, 1.82) is 0 Å². The SMILES string of the molecule is Oc1ccc2c3c1O[C@H]1[C@@H](O)C=CC4[C@@H](C2)N(CCCN=C(Nc2ccccc2)c2ccccc2)CC[C@@]341. The molecule has 2 bridgehead atoms. The van der Waals surface area contributed by atoms with Gasteiger partial charge in [0.15, 0.2) is 11.5 Å². The van der Waals surface area contributed by atoms with Crippen molar-refractivity contribution in [1.82, 2.24) is 4.90 Å². The van der Waals surface area contributed by atoms with Crippen molar-refractivity contribution in [3.63, 3.8) is 0 Å². The summed E-state index contributed by atoms with van der Waals surface area (Å²) in [7, 11) is 0. The molecule has 7 rings (SSSR count). The number of rotatable bonds is 6. The maximum atomic E-state index is 10.8. The number of para-hydroxylation sites is 1. The fraction of sp³-hybridized carbons (Fsp3) is 0.344. The minimum absolute atomic E-state index is 0.190. The molecule has 1 fully saturated rings. The van der Waals surface area contributed by atoms with Crippen molar-refractivity contribution in [3.05, 3.63) is 102 Å². The predicted molar refractivity (Wildman–Crippen MR) is 149 cm³/mol. The van der Waals surface area contributed by atoms with Crippen LogP contribution in [-0.4, -0.2) is 58.8 Å². The Morgan fingerprint density at radius 1 is 1.03 bits per heavy atom. The fourth-order valence-electron chi connectivity index (χ4n) is 7.33. The van der Waals surface area contributed by atoms with Gasteiger partial charge in [0.25, 0.3) is 0 Å². The van der Waals surface area contributed by atoms with Crippen LogP contribution in [0.4, 0.5) is 5.69 Å². The number of hydrogen-bond acceptors (Lipinski definition) is 5. The molecule has 2 aliphatic carbocycles. The van der Waals surface area contributed by atoms with E-state index in [-0.39, 0.29) is 23.2 Å². The van der Waals surface area contributed by atoms with Gasteiger partial charge in [-0.15, -0.1) is 0 Å². The van der Waals surface area contributed by atoms with Gasteiger partial charge in [-0.2, -0.15) is 0 Å². The van der Waals surface area contributed by atoms with Gasteiger partial charge in [-0.25, -0.2) is 0 Å². The third-order valence-electron chi connectivity index (χ3n) is 8.94. The Kier molecular flexibility index (Phi) is 5.75. The highest BCUT2D eigenvalue weighted by Crippen LogP contribution is 2.62. The molecule has 4 aliphatic rings. The highest BCUT2D eigenvalue weighted by molar-refractivity contribution is 6.08. The first-order valence-electron chi connectivity index (χ1n) is 13.7. The average Bonchev–Trinajstić information content (AvgIpc) is 3.31. The van der Waals surface area contributed by atoms with Crippen molar-refractivity contribution < 1.29 is 14.9 Å². The zero-order chi connectivity index (χ0) is 25.7. The molecule has 0 amide bonds. The van der Waals surface area contributed by atoms with Crippen molar-refractivity contribution in [2.24, 2.45) is 10.9 Å². The van der Waals surface area contributed by atoms with Crippen LogP contribution in [0.1, 0.15) is 29.5 Å². The minimum Gasteiger partial charge on any atom is -0.504 e. The smallest absolute Gasteiger partial charge is 0.165 e. The van der Waals surface area contributed by atoms with Crippen molar-refractivity contribution >= 4 is 11.5 Å². The monoisotopic (exact) mass is 507 g/mol. The van der Waals surface area contributed by atoms with Gasteiger partial charge in [0.1, 0.15) is 18.0 Å². The lowest BCUT2D eigenvalue weighted by Gasteiger charge is -2.57. The molecular formula is C32H33N3O3. The molecule has 38 heavy (non-hydrogen) atoms. The van der Waals surface area contributed by atoms with E-state index in [0.717, 1.165) is 61.5 Å². The van der Waals surface area contributed by atoms with E-state index >= 15 is 0 Å². The number of aromatic hydroxyl groups is 1. The molecule has 5 atom stereocenters. The van der Waals surface area contributed by atoms with E-state index in [1.165, 1.54) is 5.56 Å². The van der Waals surface area contributed by atoms with Crippen LogP contribution < -0.4 is 10.1 Å². The van der Waals surface area contributed by atoms with Crippen LogP contribution in [0.25, 0.3) is 0 Å². The topological polar surface area (TPSA) is 77.3 Å². The van der Waals surface area contributed by atoms with Crippen LogP contribution in [0.5, 0.6) is 11.5 Å². The van der Waals surface area contributed by atoms with Gasteiger partial charge in [-0.3, -0.25) is 9.89 Å². The van der Waals surface area contributed by atoms with Gasteiger partial charge in [-0.1, -0.05) is 66.7 Å². The van der Waals surface area contributed by atoms with Gasteiger partial charge in [0.05, 0.1) is 0 Å². The molecule has 3 aromatic rings. The predicted octanol–water partition coefficient (Wildman–Crippen LogP) is 4.52. The number of nitrogens with one attached hydrogen (secondary N) is 1. The molecule has 1 spiro atoms. The number of piperidine rings is 1. The number of phenolic OH excluding ortho intramolecular Hbond substituents is 1. The fourth-order valence-corrected chi connectivity index (χ4v) is 7.33. The first-order valence-corrected chi connectivity index (χ1v) is 13.7. The molecule has 3 aromatic carbocycles. The Balaban J connectivity index is 1.10. The first kappa shape index (κ1) is 23.5. The number of aliphatic imine (C=N–C) groups is 1. The lowest BCUT2D eigenvalue weighted by Crippen LogP contribution is -2.65. The summed E-state index contributed by atoms with van der Waals surface area (Å²) in [4.78, 5) is 7.61. The number of hydrogen-bond donors (Lipinski definition) is 3. The number of phenols is 1. The summed E-state index contributed by atoms with van der Waals surface area (Å²) in [5.74, 6) is 1.95. The van der Waals surface area contributed by atoms with E-state index in [1.807, 2.05) is 42.5 Å². The highest BCUT2D eigenvalue weighted by atomic mass is 16.5. The van der Waals surface area contributed by atoms with E-state index in [2.05, 4.69) is 46.6 Å². The van der Waals surface area contributed by atoms with Crippen LogP contribution in [0.3, 0.4) is 0 Å². The number of aliphatic hydroxyl groups is 1. The second-order valence-corrected chi connectivity index (χ2v) is 10.9. The molecule has 1 saturated heterocycles. The minimum atomic E-state index is -0.654. The summed E-state index contributed by atoms with van der Waals surface area (Å²) >= 11 is 0. The molecule has 0 saturated carbocycles. The van der Waals surface area contributed by atoms with Crippen LogP contribution in [0.2, 0.25) is 0 Å².